The van der Waals surface area contributed by atoms with Gasteiger partial charge in [0.2, 0.25) is 0 Å². The van der Waals surface area contributed by atoms with Gasteiger partial charge in [-0.15, -0.1) is 11.3 Å². The molecule has 1 unspecified atom stereocenters. The van der Waals surface area contributed by atoms with Crippen molar-refractivity contribution in [2.45, 2.75) is 45.1 Å². The van der Waals surface area contributed by atoms with E-state index in [1.807, 2.05) is 23.6 Å². The summed E-state index contributed by atoms with van der Waals surface area (Å²) in [5, 5.41) is 13.3. The summed E-state index contributed by atoms with van der Waals surface area (Å²) in [7, 11) is 0. The van der Waals surface area contributed by atoms with E-state index in [4.69, 9.17) is 0 Å². The zero-order chi connectivity index (χ0) is 13.9. The first-order valence-corrected chi connectivity index (χ1v) is 7.52. The van der Waals surface area contributed by atoms with Gasteiger partial charge in [0, 0.05) is 10.8 Å². The third kappa shape index (κ3) is 3.88. The van der Waals surface area contributed by atoms with E-state index in [1.54, 1.807) is 11.3 Å². The van der Waals surface area contributed by atoms with Crippen LogP contribution in [0.3, 0.4) is 0 Å². The number of benzene rings is 1. The van der Waals surface area contributed by atoms with Crippen molar-refractivity contribution in [3.8, 4) is 0 Å². The van der Waals surface area contributed by atoms with Crippen LogP contribution in [-0.2, 0) is 11.8 Å². The van der Waals surface area contributed by atoms with Crippen molar-refractivity contribution in [1.82, 2.24) is 4.98 Å². The smallest absolute Gasteiger partial charge is 0.0983 e. The highest BCUT2D eigenvalue weighted by Crippen LogP contribution is 2.28. The molecule has 0 saturated heterocycles. The quantitative estimate of drug-likeness (QED) is 0.911. The van der Waals surface area contributed by atoms with Gasteiger partial charge in [-0.25, -0.2) is 4.98 Å². The first-order chi connectivity index (χ1) is 8.97. The van der Waals surface area contributed by atoms with Crippen LogP contribution >= 0.6 is 11.3 Å². The van der Waals surface area contributed by atoms with Crippen LogP contribution < -0.4 is 0 Å². The Hall–Kier alpha value is -1.19. The second-order valence-electron chi connectivity index (χ2n) is 5.87. The van der Waals surface area contributed by atoms with Crippen LogP contribution in [0.5, 0.6) is 0 Å². The standard InChI is InChI=1S/C16H21NOS/c1-16(2,3)15-17-13(11-19-15)14(18)10-9-12-7-5-4-6-8-12/h4-8,11,14,18H,9-10H2,1-3H3. The molecular formula is C16H21NOS. The lowest BCUT2D eigenvalue weighted by Gasteiger charge is -2.14. The maximum atomic E-state index is 10.2. The third-order valence-electron chi connectivity index (χ3n) is 3.05. The monoisotopic (exact) mass is 275 g/mol. The van der Waals surface area contributed by atoms with Crippen LogP contribution in [0.25, 0.3) is 0 Å². The number of hydrogen-bond donors (Lipinski definition) is 1. The Kier molecular flexibility index (Phi) is 4.38. The minimum Gasteiger partial charge on any atom is -0.387 e. The maximum absolute atomic E-state index is 10.2. The molecule has 2 rings (SSSR count). The molecular weight excluding hydrogens is 254 g/mol. The summed E-state index contributed by atoms with van der Waals surface area (Å²) in [6.45, 7) is 6.43. The molecule has 1 aromatic heterocycles. The molecule has 2 nitrogen and oxygen atoms in total. The van der Waals surface area contributed by atoms with Crippen molar-refractivity contribution < 1.29 is 5.11 Å². The fourth-order valence-corrected chi connectivity index (χ4v) is 2.83. The molecule has 2 aromatic rings. The molecule has 0 aliphatic rings. The van der Waals surface area contributed by atoms with E-state index >= 15 is 0 Å². The van der Waals surface area contributed by atoms with E-state index in [9.17, 15) is 5.11 Å². The minimum atomic E-state index is -0.465. The van der Waals surface area contributed by atoms with Gasteiger partial charge in [0.25, 0.3) is 0 Å². The summed E-state index contributed by atoms with van der Waals surface area (Å²) in [5.74, 6) is 0. The highest BCUT2D eigenvalue weighted by Gasteiger charge is 2.20. The molecule has 0 amide bonds. The molecule has 0 spiro atoms. The van der Waals surface area contributed by atoms with Crippen LogP contribution in [-0.4, -0.2) is 10.1 Å². The van der Waals surface area contributed by atoms with Gasteiger partial charge >= 0.3 is 0 Å². The lowest BCUT2D eigenvalue weighted by atomic mass is 9.98. The van der Waals surface area contributed by atoms with Crippen molar-refractivity contribution >= 4 is 11.3 Å². The normalized spacial score (nSPS) is 13.5. The lowest BCUT2D eigenvalue weighted by molar-refractivity contribution is 0.163. The maximum Gasteiger partial charge on any atom is 0.0983 e. The van der Waals surface area contributed by atoms with Crippen LogP contribution in [0.4, 0.5) is 0 Å². The van der Waals surface area contributed by atoms with Crippen molar-refractivity contribution in [2.75, 3.05) is 0 Å². The van der Waals surface area contributed by atoms with E-state index < -0.39 is 6.10 Å². The average Bonchev–Trinajstić information content (AvgIpc) is 2.87. The molecule has 0 aliphatic heterocycles. The highest BCUT2D eigenvalue weighted by molar-refractivity contribution is 7.09. The number of aliphatic hydroxyl groups excluding tert-OH is 1. The number of rotatable bonds is 4. The van der Waals surface area contributed by atoms with Gasteiger partial charge in [-0.2, -0.15) is 0 Å². The van der Waals surface area contributed by atoms with Gasteiger partial charge in [-0.3, -0.25) is 0 Å². The van der Waals surface area contributed by atoms with Crippen LogP contribution in [0, 0.1) is 0 Å². The Bertz CT molecular complexity index is 513. The molecule has 0 saturated carbocycles. The lowest BCUT2D eigenvalue weighted by Crippen LogP contribution is -2.11. The molecule has 1 atom stereocenters. The summed E-state index contributed by atoms with van der Waals surface area (Å²) in [6.07, 6.45) is 1.13. The minimum absolute atomic E-state index is 0.0576. The van der Waals surface area contributed by atoms with E-state index in [2.05, 4.69) is 37.9 Å². The number of aryl methyl sites for hydroxylation is 1. The molecule has 1 N–H and O–H groups in total. The first kappa shape index (κ1) is 14.2. The second-order valence-corrected chi connectivity index (χ2v) is 6.73. The van der Waals surface area contributed by atoms with Crippen LogP contribution in [0.15, 0.2) is 35.7 Å². The largest absolute Gasteiger partial charge is 0.387 e. The number of nitrogens with zero attached hydrogens (tertiary/aromatic N) is 1. The average molecular weight is 275 g/mol. The van der Waals surface area contributed by atoms with Gasteiger partial charge < -0.3 is 5.11 Å². The summed E-state index contributed by atoms with van der Waals surface area (Å²) in [5.41, 5.74) is 2.13. The number of thiazole rings is 1. The van der Waals surface area contributed by atoms with Gasteiger partial charge in [-0.05, 0) is 18.4 Å². The molecule has 0 bridgehead atoms. The summed E-state index contributed by atoms with van der Waals surface area (Å²) < 4.78 is 0. The first-order valence-electron chi connectivity index (χ1n) is 6.65. The molecule has 0 radical (unpaired) electrons. The van der Waals surface area contributed by atoms with E-state index in [-0.39, 0.29) is 5.41 Å². The van der Waals surface area contributed by atoms with Gasteiger partial charge in [0.15, 0.2) is 0 Å². The van der Waals surface area contributed by atoms with Gasteiger partial charge in [0.05, 0.1) is 16.8 Å². The summed E-state index contributed by atoms with van der Waals surface area (Å²) >= 11 is 1.64. The van der Waals surface area contributed by atoms with E-state index in [0.717, 1.165) is 23.5 Å². The Morgan fingerprint density at radius 2 is 1.89 bits per heavy atom. The summed E-state index contributed by atoms with van der Waals surface area (Å²) in [6, 6.07) is 10.3. The van der Waals surface area contributed by atoms with Crippen molar-refractivity contribution in [2.24, 2.45) is 0 Å². The molecule has 102 valence electrons. The number of aliphatic hydroxyl groups is 1. The number of aromatic nitrogens is 1. The predicted molar refractivity (Wildman–Crippen MR) is 80.5 cm³/mol. The van der Waals surface area contributed by atoms with E-state index in [1.165, 1.54) is 5.56 Å². The van der Waals surface area contributed by atoms with E-state index in [0.29, 0.717) is 0 Å². The SMILES string of the molecule is CC(C)(C)c1nc(C(O)CCc2ccccc2)cs1. The van der Waals surface area contributed by atoms with Crippen molar-refractivity contribution in [3.05, 3.63) is 52.0 Å². The zero-order valence-corrected chi connectivity index (χ0v) is 12.6. The zero-order valence-electron chi connectivity index (χ0n) is 11.8. The fourth-order valence-electron chi connectivity index (χ4n) is 1.88. The van der Waals surface area contributed by atoms with Gasteiger partial charge in [0.1, 0.15) is 0 Å². The second kappa shape index (κ2) is 5.85. The number of hydrogen-bond acceptors (Lipinski definition) is 3. The Balaban J connectivity index is 1.97. The van der Waals surface area contributed by atoms with Crippen LogP contribution in [0.2, 0.25) is 0 Å². The molecule has 0 fully saturated rings. The Labute approximate surface area is 119 Å². The Morgan fingerprint density at radius 3 is 2.47 bits per heavy atom. The van der Waals surface area contributed by atoms with Gasteiger partial charge in [-0.1, -0.05) is 51.1 Å². The molecule has 19 heavy (non-hydrogen) atoms. The topological polar surface area (TPSA) is 33.1 Å². The molecule has 0 aliphatic carbocycles. The molecule has 1 aromatic carbocycles. The Morgan fingerprint density at radius 1 is 1.21 bits per heavy atom. The molecule has 3 heteroatoms. The summed E-state index contributed by atoms with van der Waals surface area (Å²) in [4.78, 5) is 4.56. The fraction of sp³-hybridized carbons (Fsp3) is 0.438. The highest BCUT2D eigenvalue weighted by atomic mass is 32.1. The third-order valence-corrected chi connectivity index (χ3v) is 4.34. The predicted octanol–water partition coefficient (Wildman–Crippen LogP) is 4.11. The van der Waals surface area contributed by atoms with Crippen LogP contribution in [0.1, 0.15) is 49.6 Å². The van der Waals surface area contributed by atoms with Crippen molar-refractivity contribution in [1.29, 1.82) is 0 Å². The van der Waals surface area contributed by atoms with Crippen molar-refractivity contribution in [3.63, 3.8) is 0 Å². The molecule has 1 heterocycles.